The van der Waals surface area contributed by atoms with Crippen molar-refractivity contribution in [1.29, 1.82) is 0 Å². The minimum atomic E-state index is -0.542. The Morgan fingerprint density at radius 1 is 1.38 bits per heavy atom. The van der Waals surface area contributed by atoms with Gasteiger partial charge >= 0.3 is 0 Å². The number of carbonyl (C=O) groups excluding carboxylic acids is 1. The number of benzene rings is 1. The number of thiocarbonyl (C=S) groups is 1. The molecule has 21 heavy (non-hydrogen) atoms. The maximum Gasteiger partial charge on any atom is 0.261 e. The Balaban J connectivity index is 2.28. The van der Waals surface area contributed by atoms with Crippen LogP contribution in [0.1, 0.15) is 15.9 Å². The van der Waals surface area contributed by atoms with Gasteiger partial charge < -0.3 is 15.8 Å². The molecule has 2 aromatic rings. The van der Waals surface area contributed by atoms with Gasteiger partial charge in [0.15, 0.2) is 0 Å². The molecular formula is C14H12FN3O2S. The van der Waals surface area contributed by atoms with Crippen LogP contribution in [-0.4, -0.2) is 23.0 Å². The number of rotatable bonds is 4. The Hall–Kier alpha value is -2.54. The summed E-state index contributed by atoms with van der Waals surface area (Å²) in [6.07, 6.45) is 1.51. The molecule has 0 radical (unpaired) electrons. The second-order valence-electron chi connectivity index (χ2n) is 4.07. The zero-order valence-corrected chi connectivity index (χ0v) is 11.9. The molecule has 0 bridgehead atoms. The molecule has 5 nitrogen and oxygen atoms in total. The van der Waals surface area contributed by atoms with Crippen molar-refractivity contribution in [2.24, 2.45) is 5.73 Å². The molecule has 108 valence electrons. The number of halogens is 1. The lowest BCUT2D eigenvalue weighted by atomic mass is 10.1. The minimum Gasteiger partial charge on any atom is -0.480 e. The van der Waals surface area contributed by atoms with E-state index in [0.717, 1.165) is 0 Å². The number of nitrogens with one attached hydrogen (secondary N) is 1. The van der Waals surface area contributed by atoms with Crippen molar-refractivity contribution in [2.75, 3.05) is 12.4 Å². The van der Waals surface area contributed by atoms with Crippen LogP contribution in [0.3, 0.4) is 0 Å². The summed E-state index contributed by atoms with van der Waals surface area (Å²) in [5, 5.41) is 2.61. The van der Waals surface area contributed by atoms with Crippen LogP contribution in [0, 0.1) is 5.82 Å². The molecule has 1 aromatic carbocycles. The second-order valence-corrected chi connectivity index (χ2v) is 4.51. The van der Waals surface area contributed by atoms with Gasteiger partial charge in [0, 0.05) is 17.4 Å². The normalized spacial score (nSPS) is 10.0. The Bertz CT molecular complexity index is 706. The van der Waals surface area contributed by atoms with Crippen LogP contribution in [-0.2, 0) is 0 Å². The highest BCUT2D eigenvalue weighted by atomic mass is 32.1. The van der Waals surface area contributed by atoms with Crippen LogP contribution in [0.4, 0.5) is 10.1 Å². The molecule has 0 fully saturated rings. The van der Waals surface area contributed by atoms with Gasteiger partial charge in [0.1, 0.15) is 16.4 Å². The van der Waals surface area contributed by atoms with Crippen LogP contribution in [0.25, 0.3) is 0 Å². The number of methoxy groups -OCH3 is 1. The van der Waals surface area contributed by atoms with E-state index >= 15 is 0 Å². The van der Waals surface area contributed by atoms with Gasteiger partial charge in [0.25, 0.3) is 5.91 Å². The largest absolute Gasteiger partial charge is 0.480 e. The van der Waals surface area contributed by atoms with Crippen molar-refractivity contribution in [3.05, 3.63) is 53.5 Å². The SMILES string of the molecule is COc1ncccc1C(=O)Nc1ccc(F)c(C(N)=S)c1. The van der Waals surface area contributed by atoms with Crippen LogP contribution >= 0.6 is 12.2 Å². The number of nitrogens with zero attached hydrogens (tertiary/aromatic N) is 1. The average Bonchev–Trinajstić information content (AvgIpc) is 2.48. The highest BCUT2D eigenvalue weighted by Gasteiger charge is 2.14. The third-order valence-electron chi connectivity index (χ3n) is 2.70. The molecule has 0 aliphatic rings. The standard InChI is InChI=1S/C14H12FN3O2S/c1-20-14-9(3-2-6-17-14)13(19)18-8-4-5-11(15)10(7-8)12(16)21/h2-7H,1H3,(H2,16,21)(H,18,19). The highest BCUT2D eigenvalue weighted by Crippen LogP contribution is 2.18. The lowest BCUT2D eigenvalue weighted by molar-refractivity contribution is 0.102. The number of ether oxygens (including phenoxy) is 1. The van der Waals surface area contributed by atoms with E-state index in [0.29, 0.717) is 5.69 Å². The first kappa shape index (κ1) is 14.9. The van der Waals surface area contributed by atoms with Gasteiger partial charge in [-0.1, -0.05) is 12.2 Å². The van der Waals surface area contributed by atoms with Gasteiger partial charge in [-0.3, -0.25) is 4.79 Å². The van der Waals surface area contributed by atoms with Crippen molar-refractivity contribution in [1.82, 2.24) is 4.98 Å². The maximum absolute atomic E-state index is 13.5. The van der Waals surface area contributed by atoms with Gasteiger partial charge in [-0.05, 0) is 30.3 Å². The molecule has 3 N–H and O–H groups in total. The van der Waals surface area contributed by atoms with Gasteiger partial charge in [-0.2, -0.15) is 0 Å². The summed E-state index contributed by atoms with van der Waals surface area (Å²) in [5.41, 5.74) is 6.13. The van der Waals surface area contributed by atoms with E-state index in [1.807, 2.05) is 0 Å². The first-order chi connectivity index (χ1) is 10.0. The molecule has 1 heterocycles. The smallest absolute Gasteiger partial charge is 0.261 e. The fraction of sp³-hybridized carbons (Fsp3) is 0.0714. The van der Waals surface area contributed by atoms with Gasteiger partial charge in [0.2, 0.25) is 5.88 Å². The molecule has 7 heteroatoms. The predicted octanol–water partition coefficient (Wildman–Crippen LogP) is 2.12. The van der Waals surface area contributed by atoms with E-state index in [1.165, 1.54) is 31.5 Å². The fourth-order valence-electron chi connectivity index (χ4n) is 1.72. The van der Waals surface area contributed by atoms with Gasteiger partial charge in [-0.15, -0.1) is 0 Å². The van der Waals surface area contributed by atoms with Crippen molar-refractivity contribution >= 4 is 28.8 Å². The molecule has 1 aromatic heterocycles. The van der Waals surface area contributed by atoms with E-state index in [4.69, 9.17) is 22.7 Å². The summed E-state index contributed by atoms with van der Waals surface area (Å²) in [6.45, 7) is 0. The van der Waals surface area contributed by atoms with E-state index in [2.05, 4.69) is 10.3 Å². The molecular weight excluding hydrogens is 293 g/mol. The van der Waals surface area contributed by atoms with Gasteiger partial charge in [-0.25, -0.2) is 9.37 Å². The number of hydrogen-bond donors (Lipinski definition) is 2. The second kappa shape index (κ2) is 6.27. The zero-order valence-electron chi connectivity index (χ0n) is 11.1. The van der Waals surface area contributed by atoms with E-state index < -0.39 is 11.7 Å². The van der Waals surface area contributed by atoms with E-state index in [1.54, 1.807) is 12.1 Å². The fourth-order valence-corrected chi connectivity index (χ4v) is 1.87. The Morgan fingerprint density at radius 2 is 2.14 bits per heavy atom. The third-order valence-corrected chi connectivity index (χ3v) is 2.92. The van der Waals surface area contributed by atoms with Crippen LogP contribution < -0.4 is 15.8 Å². The lowest BCUT2D eigenvalue weighted by Gasteiger charge is -2.09. The van der Waals surface area contributed by atoms with Crippen LogP contribution in [0.5, 0.6) is 5.88 Å². The number of hydrogen-bond acceptors (Lipinski definition) is 4. The summed E-state index contributed by atoms with van der Waals surface area (Å²) < 4.78 is 18.5. The van der Waals surface area contributed by atoms with Crippen molar-refractivity contribution in [3.8, 4) is 5.88 Å². The summed E-state index contributed by atoms with van der Waals surface area (Å²) in [4.78, 5) is 16.0. The Labute approximate surface area is 125 Å². The summed E-state index contributed by atoms with van der Waals surface area (Å²) >= 11 is 4.75. The number of aromatic nitrogens is 1. The molecule has 0 aliphatic carbocycles. The summed E-state index contributed by atoms with van der Waals surface area (Å²) in [6, 6.07) is 7.16. The molecule has 0 aliphatic heterocycles. The van der Waals surface area contributed by atoms with Gasteiger partial charge in [0.05, 0.1) is 7.11 Å². The average molecular weight is 305 g/mol. The maximum atomic E-state index is 13.5. The first-order valence-corrected chi connectivity index (χ1v) is 6.33. The lowest BCUT2D eigenvalue weighted by Crippen LogP contribution is -2.16. The molecule has 0 saturated heterocycles. The number of pyridine rings is 1. The van der Waals surface area contributed by atoms with Crippen molar-refractivity contribution in [2.45, 2.75) is 0 Å². The Kier molecular flexibility index (Phi) is 4.44. The highest BCUT2D eigenvalue weighted by molar-refractivity contribution is 7.80. The van der Waals surface area contributed by atoms with Crippen molar-refractivity contribution < 1.29 is 13.9 Å². The molecule has 0 saturated carbocycles. The number of amides is 1. The number of carbonyl (C=O) groups is 1. The molecule has 0 spiro atoms. The topological polar surface area (TPSA) is 77.2 Å². The quantitative estimate of drug-likeness (QED) is 0.846. The molecule has 1 amide bonds. The number of anilines is 1. The van der Waals surface area contributed by atoms with Crippen LogP contribution in [0.2, 0.25) is 0 Å². The zero-order chi connectivity index (χ0) is 15.4. The summed E-state index contributed by atoms with van der Waals surface area (Å²) in [7, 11) is 1.42. The molecule has 0 atom stereocenters. The minimum absolute atomic E-state index is 0.0703. The monoisotopic (exact) mass is 305 g/mol. The Morgan fingerprint density at radius 3 is 2.81 bits per heavy atom. The van der Waals surface area contributed by atoms with Crippen molar-refractivity contribution in [3.63, 3.8) is 0 Å². The number of nitrogens with two attached hydrogens (primary N) is 1. The van der Waals surface area contributed by atoms with E-state index in [-0.39, 0.29) is 22.0 Å². The molecule has 0 unspecified atom stereocenters. The van der Waals surface area contributed by atoms with E-state index in [9.17, 15) is 9.18 Å². The summed E-state index contributed by atoms with van der Waals surface area (Å²) in [5.74, 6) is -0.772. The predicted molar refractivity (Wildman–Crippen MR) is 81.0 cm³/mol. The first-order valence-electron chi connectivity index (χ1n) is 5.92. The third kappa shape index (κ3) is 3.32. The van der Waals surface area contributed by atoms with Crippen LogP contribution in [0.15, 0.2) is 36.5 Å². The molecule has 2 rings (SSSR count).